The zero-order valence-corrected chi connectivity index (χ0v) is 5.73. The first-order chi connectivity index (χ1) is 5.15. The third-order valence-corrected chi connectivity index (χ3v) is 1.17. The van der Waals surface area contributed by atoms with Crippen LogP contribution in [-0.2, 0) is 0 Å². The maximum atomic E-state index is 10.2. The summed E-state index contributed by atoms with van der Waals surface area (Å²) >= 11 is 0. The van der Waals surface area contributed by atoms with E-state index < -0.39 is 4.92 Å². The third kappa shape index (κ3) is 1.26. The van der Waals surface area contributed by atoms with E-state index in [0.717, 1.165) is 0 Å². The molecule has 58 valence electrons. The van der Waals surface area contributed by atoms with Crippen molar-refractivity contribution in [2.24, 2.45) is 0 Å². The summed E-state index contributed by atoms with van der Waals surface area (Å²) in [6.45, 7) is 1.54. The van der Waals surface area contributed by atoms with Crippen molar-refractivity contribution in [2.75, 3.05) is 0 Å². The van der Waals surface area contributed by atoms with E-state index >= 15 is 0 Å². The average Bonchev–Trinajstić information content (AvgIpc) is 2.30. The Balaban J connectivity index is 3.22. The van der Waals surface area contributed by atoms with Gasteiger partial charge in [-0.15, -0.1) is 0 Å². The van der Waals surface area contributed by atoms with Crippen molar-refractivity contribution in [1.82, 2.24) is 0 Å². The predicted octanol–water partition coefficient (Wildman–Crippen LogP) is 1.31. The molecule has 0 aliphatic heterocycles. The summed E-state index contributed by atoms with van der Waals surface area (Å²) in [5.74, 6) is 0.131. The van der Waals surface area contributed by atoms with Crippen LogP contribution in [0.25, 0.3) is 0 Å². The summed E-state index contributed by atoms with van der Waals surface area (Å²) in [6, 6.07) is 1.21. The Morgan fingerprint density at radius 3 is 2.73 bits per heavy atom. The van der Waals surface area contributed by atoms with E-state index in [2.05, 4.69) is 0 Å². The van der Waals surface area contributed by atoms with Crippen LogP contribution in [0.3, 0.4) is 0 Å². The number of nitro groups is 1. The summed E-state index contributed by atoms with van der Waals surface area (Å²) in [7, 11) is 0. The van der Waals surface area contributed by atoms with Crippen molar-refractivity contribution < 1.29 is 14.1 Å². The molecule has 1 rings (SSSR count). The first kappa shape index (κ1) is 7.46. The second-order valence-corrected chi connectivity index (χ2v) is 1.98. The van der Waals surface area contributed by atoms with Gasteiger partial charge in [-0.2, -0.15) is 0 Å². The van der Waals surface area contributed by atoms with Crippen molar-refractivity contribution in [3.63, 3.8) is 0 Å². The van der Waals surface area contributed by atoms with Crippen LogP contribution in [0.5, 0.6) is 0 Å². The van der Waals surface area contributed by atoms with Gasteiger partial charge >= 0.3 is 5.69 Å². The predicted molar refractivity (Wildman–Crippen MR) is 35.5 cm³/mol. The monoisotopic (exact) mass is 155 g/mol. The highest BCUT2D eigenvalue weighted by Gasteiger charge is 2.17. The Hall–Kier alpha value is -1.65. The van der Waals surface area contributed by atoms with Crippen molar-refractivity contribution in [3.8, 4) is 0 Å². The molecule has 5 nitrogen and oxygen atoms in total. The van der Waals surface area contributed by atoms with E-state index in [1.165, 1.54) is 6.07 Å². The lowest BCUT2D eigenvalue weighted by Gasteiger charge is -1.82. The maximum absolute atomic E-state index is 10.2. The van der Waals surface area contributed by atoms with Gasteiger partial charge in [0.1, 0.15) is 5.76 Å². The molecule has 0 amide bonds. The number of furan rings is 1. The van der Waals surface area contributed by atoms with E-state index in [1.807, 2.05) is 0 Å². The van der Waals surface area contributed by atoms with Crippen LogP contribution in [0.4, 0.5) is 5.69 Å². The van der Waals surface area contributed by atoms with Crippen LogP contribution in [-0.4, -0.2) is 11.2 Å². The Bertz CT molecular complexity index is 302. The van der Waals surface area contributed by atoms with Crippen molar-refractivity contribution in [2.45, 2.75) is 6.92 Å². The molecule has 0 aliphatic carbocycles. The minimum Gasteiger partial charge on any atom is -0.451 e. The smallest absolute Gasteiger partial charge is 0.318 e. The van der Waals surface area contributed by atoms with E-state index in [-0.39, 0.29) is 11.4 Å². The van der Waals surface area contributed by atoms with Crippen LogP contribution in [0, 0.1) is 17.0 Å². The second-order valence-electron chi connectivity index (χ2n) is 1.98. The molecule has 0 aliphatic rings. The number of nitrogens with zero attached hydrogens (tertiary/aromatic N) is 1. The molecule has 1 aromatic heterocycles. The number of hydrogen-bond donors (Lipinski definition) is 0. The largest absolute Gasteiger partial charge is 0.451 e. The molecular weight excluding hydrogens is 150 g/mol. The van der Waals surface area contributed by atoms with Gasteiger partial charge in [-0.3, -0.25) is 14.9 Å². The molecular formula is C6H5NO4. The van der Waals surface area contributed by atoms with Gasteiger partial charge in [0.15, 0.2) is 6.29 Å². The highest BCUT2D eigenvalue weighted by atomic mass is 16.6. The molecule has 0 spiro atoms. The van der Waals surface area contributed by atoms with Gasteiger partial charge in [0.25, 0.3) is 0 Å². The number of aldehydes is 1. The lowest BCUT2D eigenvalue weighted by Crippen LogP contribution is -1.88. The van der Waals surface area contributed by atoms with E-state index in [4.69, 9.17) is 4.42 Å². The van der Waals surface area contributed by atoms with E-state index in [0.29, 0.717) is 12.0 Å². The average molecular weight is 155 g/mol. The summed E-state index contributed by atoms with van der Waals surface area (Å²) in [5, 5.41) is 10.2. The van der Waals surface area contributed by atoms with Gasteiger partial charge in [0.05, 0.1) is 11.0 Å². The van der Waals surface area contributed by atoms with Crippen LogP contribution in [0.15, 0.2) is 10.5 Å². The minimum atomic E-state index is -0.653. The number of rotatable bonds is 2. The highest BCUT2D eigenvalue weighted by Crippen LogP contribution is 2.20. The first-order valence-electron chi connectivity index (χ1n) is 2.85. The van der Waals surface area contributed by atoms with Gasteiger partial charge < -0.3 is 4.42 Å². The highest BCUT2D eigenvalue weighted by molar-refractivity contribution is 5.77. The lowest BCUT2D eigenvalue weighted by atomic mass is 10.4. The van der Waals surface area contributed by atoms with Gasteiger partial charge in [0.2, 0.25) is 5.76 Å². The van der Waals surface area contributed by atoms with Gasteiger partial charge in [0, 0.05) is 0 Å². The summed E-state index contributed by atoms with van der Waals surface area (Å²) in [5.41, 5.74) is -0.280. The maximum Gasteiger partial charge on any atom is 0.318 e. The number of carbonyl (C=O) groups is 1. The molecule has 1 heterocycles. The second kappa shape index (κ2) is 2.53. The Morgan fingerprint density at radius 2 is 2.36 bits per heavy atom. The molecule has 5 heteroatoms. The standard InChI is InChI=1S/C6H5NO4/c1-4-2-5(7(9)10)6(3-8)11-4/h2-3H,1H3. The lowest BCUT2D eigenvalue weighted by molar-refractivity contribution is -0.385. The molecule has 0 unspecified atom stereocenters. The molecule has 0 fully saturated rings. The molecule has 0 aromatic carbocycles. The van der Waals surface area contributed by atoms with Crippen LogP contribution in [0.1, 0.15) is 16.3 Å². The molecule has 0 bridgehead atoms. The number of hydrogen-bond acceptors (Lipinski definition) is 4. The molecule has 0 N–H and O–H groups in total. The number of carbonyl (C=O) groups excluding carboxylic acids is 1. The molecule has 0 saturated heterocycles. The Kier molecular flexibility index (Phi) is 1.72. The zero-order chi connectivity index (χ0) is 8.43. The van der Waals surface area contributed by atoms with E-state index in [1.54, 1.807) is 6.92 Å². The summed E-state index contributed by atoms with van der Waals surface area (Å²) in [6.07, 6.45) is 0.325. The first-order valence-corrected chi connectivity index (χ1v) is 2.85. The molecule has 0 atom stereocenters. The quantitative estimate of drug-likeness (QED) is 0.366. The van der Waals surface area contributed by atoms with Gasteiger partial charge in [-0.1, -0.05) is 0 Å². The molecule has 0 saturated carbocycles. The van der Waals surface area contributed by atoms with Crippen molar-refractivity contribution >= 4 is 12.0 Å². The molecule has 1 aromatic rings. The fourth-order valence-electron chi connectivity index (χ4n) is 0.746. The number of aryl methyl sites for hydroxylation is 1. The minimum absolute atomic E-state index is 0.229. The Labute approximate surface area is 61.8 Å². The normalized spacial score (nSPS) is 9.55. The van der Waals surface area contributed by atoms with Crippen LogP contribution >= 0.6 is 0 Å². The topological polar surface area (TPSA) is 73.3 Å². The van der Waals surface area contributed by atoms with Crippen LogP contribution in [0.2, 0.25) is 0 Å². The molecule has 11 heavy (non-hydrogen) atoms. The third-order valence-electron chi connectivity index (χ3n) is 1.17. The fourth-order valence-corrected chi connectivity index (χ4v) is 0.746. The summed E-state index contributed by atoms with van der Waals surface area (Å²) in [4.78, 5) is 19.7. The van der Waals surface area contributed by atoms with Gasteiger partial charge in [-0.05, 0) is 6.92 Å². The SMILES string of the molecule is Cc1cc([N+](=O)[O-])c(C=O)o1. The van der Waals surface area contributed by atoms with Crippen LogP contribution < -0.4 is 0 Å². The van der Waals surface area contributed by atoms with Gasteiger partial charge in [-0.25, -0.2) is 0 Å². The molecule has 0 radical (unpaired) electrons. The van der Waals surface area contributed by atoms with Crippen molar-refractivity contribution in [1.29, 1.82) is 0 Å². The van der Waals surface area contributed by atoms with Crippen molar-refractivity contribution in [3.05, 3.63) is 27.7 Å². The zero-order valence-electron chi connectivity index (χ0n) is 5.73. The van der Waals surface area contributed by atoms with E-state index in [9.17, 15) is 14.9 Å². The summed E-state index contributed by atoms with van der Waals surface area (Å²) < 4.78 is 4.72. The fraction of sp³-hybridized carbons (Fsp3) is 0.167. The Morgan fingerprint density at radius 1 is 1.73 bits per heavy atom.